The van der Waals surface area contributed by atoms with Gasteiger partial charge >= 0.3 is 5.97 Å². The van der Waals surface area contributed by atoms with Crippen LogP contribution in [0.5, 0.6) is 0 Å². The molecule has 31 heavy (non-hydrogen) atoms. The highest BCUT2D eigenvalue weighted by Crippen LogP contribution is 2.17. The number of hydrogen-bond acceptors (Lipinski definition) is 6. The van der Waals surface area contributed by atoms with Crippen molar-refractivity contribution in [3.63, 3.8) is 0 Å². The number of hydrogen-bond donors (Lipinski definition) is 1. The van der Waals surface area contributed by atoms with Crippen LogP contribution in [0.3, 0.4) is 0 Å². The van der Waals surface area contributed by atoms with Gasteiger partial charge in [-0.3, -0.25) is 4.79 Å². The summed E-state index contributed by atoms with van der Waals surface area (Å²) < 4.78 is 39.4. The van der Waals surface area contributed by atoms with Gasteiger partial charge in [-0.15, -0.1) is 0 Å². The third kappa shape index (κ3) is 5.12. The van der Waals surface area contributed by atoms with E-state index in [9.17, 15) is 18.0 Å². The zero-order valence-corrected chi connectivity index (χ0v) is 18.4. The Bertz CT molecular complexity index is 1180. The Morgan fingerprint density at radius 2 is 1.84 bits per heavy atom. The van der Waals surface area contributed by atoms with E-state index in [4.69, 9.17) is 9.15 Å². The first-order chi connectivity index (χ1) is 14.7. The number of esters is 1. The van der Waals surface area contributed by atoms with E-state index in [1.165, 1.54) is 30.5 Å². The number of ether oxygens (including phenoxy) is 1. The molecule has 0 atom stereocenters. The molecular weight excluding hydrogens is 420 g/mol. The molecule has 2 aromatic heterocycles. The fourth-order valence-electron chi connectivity index (χ4n) is 3.29. The van der Waals surface area contributed by atoms with Crippen molar-refractivity contribution >= 4 is 21.8 Å². The predicted octanol–water partition coefficient (Wildman–Crippen LogP) is 3.24. The summed E-state index contributed by atoms with van der Waals surface area (Å²) in [6, 6.07) is 10.4. The van der Waals surface area contributed by atoms with Crippen molar-refractivity contribution in [2.75, 3.05) is 6.61 Å². The van der Waals surface area contributed by atoms with Crippen molar-refractivity contribution in [1.29, 1.82) is 0 Å². The maximum atomic E-state index is 12.5. The molecule has 2 heterocycles. The summed E-state index contributed by atoms with van der Waals surface area (Å²) in [7, 11) is -3.77. The van der Waals surface area contributed by atoms with E-state index in [0.29, 0.717) is 11.3 Å². The van der Waals surface area contributed by atoms with Gasteiger partial charge in [-0.25, -0.2) is 17.9 Å². The summed E-state index contributed by atoms with van der Waals surface area (Å²) in [5, 5.41) is 0. The molecular formula is C22H24N2O6S. The van der Waals surface area contributed by atoms with Crippen LogP contribution in [-0.4, -0.2) is 31.3 Å². The highest BCUT2D eigenvalue weighted by molar-refractivity contribution is 7.89. The van der Waals surface area contributed by atoms with E-state index in [2.05, 4.69) is 4.72 Å². The largest absolute Gasteiger partial charge is 0.468 e. The number of carbonyl (C=O) groups excluding carboxylic acids is 2. The van der Waals surface area contributed by atoms with Gasteiger partial charge in [0.25, 0.3) is 0 Å². The zero-order chi connectivity index (χ0) is 22.6. The van der Waals surface area contributed by atoms with Crippen LogP contribution in [0.15, 0.2) is 58.0 Å². The average molecular weight is 445 g/mol. The smallest absolute Gasteiger partial charge is 0.338 e. The monoisotopic (exact) mass is 444 g/mol. The van der Waals surface area contributed by atoms with Crippen LogP contribution in [-0.2, 0) is 27.8 Å². The molecule has 0 aliphatic heterocycles. The molecule has 0 bridgehead atoms. The Morgan fingerprint density at radius 1 is 1.13 bits per heavy atom. The summed E-state index contributed by atoms with van der Waals surface area (Å²) in [6.07, 6.45) is 1.45. The molecule has 3 aromatic rings. The van der Waals surface area contributed by atoms with Crippen molar-refractivity contribution in [1.82, 2.24) is 9.29 Å². The van der Waals surface area contributed by atoms with Crippen molar-refractivity contribution in [2.45, 2.75) is 38.8 Å². The van der Waals surface area contributed by atoms with Gasteiger partial charge in [-0.05, 0) is 63.2 Å². The van der Waals surface area contributed by atoms with E-state index in [-0.39, 0.29) is 22.8 Å². The lowest BCUT2D eigenvalue weighted by atomic mass is 10.1. The number of Topliss-reactive ketones (excluding diaryl/α,β-unsaturated/α-hetero) is 1. The maximum absolute atomic E-state index is 12.5. The van der Waals surface area contributed by atoms with E-state index in [1.807, 2.05) is 25.3 Å². The summed E-state index contributed by atoms with van der Waals surface area (Å²) in [6.45, 7) is 6.13. The molecule has 3 rings (SSSR count). The second-order valence-electron chi connectivity index (χ2n) is 6.96. The second kappa shape index (κ2) is 9.32. The summed E-state index contributed by atoms with van der Waals surface area (Å²) >= 11 is 0. The number of carbonyl (C=O) groups is 2. The Balaban J connectivity index is 1.60. The van der Waals surface area contributed by atoms with Gasteiger partial charge in [0.1, 0.15) is 5.76 Å². The number of rotatable bonds is 9. The molecule has 0 radical (unpaired) electrons. The molecule has 0 saturated heterocycles. The molecule has 0 fully saturated rings. The van der Waals surface area contributed by atoms with Crippen LogP contribution >= 0.6 is 0 Å². The maximum Gasteiger partial charge on any atom is 0.338 e. The van der Waals surface area contributed by atoms with Gasteiger partial charge in [0.05, 0.1) is 23.3 Å². The van der Waals surface area contributed by atoms with Crippen LogP contribution in [0, 0.1) is 13.8 Å². The predicted molar refractivity (Wildman–Crippen MR) is 113 cm³/mol. The molecule has 0 saturated carbocycles. The van der Waals surface area contributed by atoms with Crippen LogP contribution in [0.2, 0.25) is 0 Å². The second-order valence-corrected chi connectivity index (χ2v) is 8.72. The van der Waals surface area contributed by atoms with Gasteiger partial charge in [0, 0.05) is 23.5 Å². The standard InChI is InChI=1S/C22H24N2O6S/c1-4-24-15(2)12-20(16(24)3)21(25)14-30-22(26)17-7-9-19(10-8-17)31(27,28)23-13-18-6-5-11-29-18/h5-12,23H,4,13-14H2,1-3H3. The lowest BCUT2D eigenvalue weighted by molar-refractivity contribution is 0.0474. The van der Waals surface area contributed by atoms with Crippen molar-refractivity contribution in [3.8, 4) is 0 Å². The molecule has 164 valence electrons. The minimum Gasteiger partial charge on any atom is -0.468 e. The van der Waals surface area contributed by atoms with Gasteiger partial charge in [-0.2, -0.15) is 0 Å². The Hall–Kier alpha value is -3.17. The molecule has 9 heteroatoms. The molecule has 1 aromatic carbocycles. The highest BCUT2D eigenvalue weighted by atomic mass is 32.2. The summed E-state index contributed by atoms with van der Waals surface area (Å²) in [5.74, 6) is -0.513. The fourth-order valence-corrected chi connectivity index (χ4v) is 4.29. The van der Waals surface area contributed by atoms with Gasteiger partial charge in [0.2, 0.25) is 15.8 Å². The minimum atomic E-state index is -3.77. The number of nitrogens with one attached hydrogen (secondary N) is 1. The van der Waals surface area contributed by atoms with E-state index >= 15 is 0 Å². The third-order valence-corrected chi connectivity index (χ3v) is 6.36. The lowest BCUT2D eigenvalue weighted by Gasteiger charge is -2.08. The zero-order valence-electron chi connectivity index (χ0n) is 17.5. The molecule has 0 spiro atoms. The molecule has 0 aliphatic rings. The highest BCUT2D eigenvalue weighted by Gasteiger charge is 2.19. The third-order valence-electron chi connectivity index (χ3n) is 4.94. The number of ketones is 1. The van der Waals surface area contributed by atoms with Crippen molar-refractivity contribution < 1.29 is 27.2 Å². The molecule has 0 amide bonds. The number of aryl methyl sites for hydroxylation is 1. The van der Waals surface area contributed by atoms with Crippen LogP contribution in [0.25, 0.3) is 0 Å². The van der Waals surface area contributed by atoms with Crippen LogP contribution in [0.1, 0.15) is 44.8 Å². The molecule has 8 nitrogen and oxygen atoms in total. The van der Waals surface area contributed by atoms with Gasteiger partial charge < -0.3 is 13.7 Å². The molecule has 1 N–H and O–H groups in total. The van der Waals surface area contributed by atoms with Gasteiger partial charge in [0.15, 0.2) is 6.61 Å². The quantitative estimate of drug-likeness (QED) is 0.401. The number of nitrogens with zero attached hydrogens (tertiary/aromatic N) is 1. The van der Waals surface area contributed by atoms with E-state index in [0.717, 1.165) is 17.9 Å². The van der Waals surface area contributed by atoms with E-state index < -0.39 is 22.6 Å². The van der Waals surface area contributed by atoms with Crippen molar-refractivity contribution in [3.05, 3.63) is 77.0 Å². The Kier molecular flexibility index (Phi) is 6.77. The molecule has 0 aliphatic carbocycles. The number of furan rings is 1. The topological polar surface area (TPSA) is 108 Å². The Labute approximate surface area is 180 Å². The number of sulfonamides is 1. The summed E-state index contributed by atoms with van der Waals surface area (Å²) in [5.41, 5.74) is 2.47. The normalized spacial score (nSPS) is 11.5. The fraction of sp³-hybridized carbons (Fsp3) is 0.273. The first-order valence-corrected chi connectivity index (χ1v) is 11.2. The lowest BCUT2D eigenvalue weighted by Crippen LogP contribution is -2.23. The minimum absolute atomic E-state index is 0.00121. The van der Waals surface area contributed by atoms with Crippen LogP contribution in [0.4, 0.5) is 0 Å². The molecule has 0 unspecified atom stereocenters. The van der Waals surface area contributed by atoms with Crippen molar-refractivity contribution in [2.24, 2.45) is 0 Å². The van der Waals surface area contributed by atoms with Crippen LogP contribution < -0.4 is 4.72 Å². The SMILES string of the molecule is CCn1c(C)cc(C(=O)COC(=O)c2ccc(S(=O)(=O)NCc3ccco3)cc2)c1C. The summed E-state index contributed by atoms with van der Waals surface area (Å²) in [4.78, 5) is 24.7. The Morgan fingerprint density at radius 3 is 2.42 bits per heavy atom. The van der Waals surface area contributed by atoms with E-state index in [1.54, 1.807) is 18.2 Å². The number of benzene rings is 1. The number of aromatic nitrogens is 1. The van der Waals surface area contributed by atoms with Gasteiger partial charge in [-0.1, -0.05) is 0 Å². The first-order valence-electron chi connectivity index (χ1n) is 9.72. The first kappa shape index (κ1) is 22.5. The average Bonchev–Trinajstić information content (AvgIpc) is 3.38.